The van der Waals surface area contributed by atoms with Crippen LogP contribution in [-0.2, 0) is 6.54 Å². The highest BCUT2D eigenvalue weighted by atomic mass is 35.5. The zero-order chi connectivity index (χ0) is 19.4. The molecule has 0 aliphatic carbocycles. The van der Waals surface area contributed by atoms with Gasteiger partial charge in [-0.15, -0.1) is 0 Å². The molecule has 3 aromatic rings. The summed E-state index contributed by atoms with van der Waals surface area (Å²) < 4.78 is 7.05. The van der Waals surface area contributed by atoms with Crippen molar-refractivity contribution in [2.75, 3.05) is 12.3 Å². The van der Waals surface area contributed by atoms with Gasteiger partial charge in [0.15, 0.2) is 0 Å². The Kier molecular flexibility index (Phi) is 5.28. The third kappa shape index (κ3) is 3.70. The van der Waals surface area contributed by atoms with Gasteiger partial charge in [-0.05, 0) is 36.4 Å². The van der Waals surface area contributed by atoms with Crippen LogP contribution in [0.2, 0.25) is 5.02 Å². The molecule has 0 amide bonds. The Labute approximate surface area is 160 Å². The quantitative estimate of drug-likeness (QED) is 0.655. The zero-order valence-electron chi connectivity index (χ0n) is 14.1. The highest BCUT2D eigenvalue weighted by Gasteiger charge is 2.19. The van der Waals surface area contributed by atoms with E-state index in [0.29, 0.717) is 16.5 Å². The Balaban J connectivity index is 1.99. The first-order valence-electron chi connectivity index (χ1n) is 7.92. The van der Waals surface area contributed by atoms with Gasteiger partial charge in [-0.3, -0.25) is 0 Å². The summed E-state index contributed by atoms with van der Waals surface area (Å²) in [4.78, 5) is 0. The van der Waals surface area contributed by atoms with Crippen molar-refractivity contribution in [1.29, 1.82) is 10.5 Å². The number of aliphatic hydroxyl groups is 1. The van der Waals surface area contributed by atoms with Crippen molar-refractivity contribution < 1.29 is 9.52 Å². The van der Waals surface area contributed by atoms with Crippen molar-refractivity contribution in [1.82, 2.24) is 9.78 Å². The number of rotatable bonds is 5. The maximum absolute atomic E-state index is 9.52. The van der Waals surface area contributed by atoms with E-state index in [0.717, 1.165) is 5.56 Å². The highest BCUT2D eigenvalue weighted by Crippen LogP contribution is 2.28. The molecule has 0 bridgehead atoms. The minimum Gasteiger partial charge on any atom is -0.457 e. The number of nitrogens with two attached hydrogens (primary N) is 1. The number of hydrogen-bond donors (Lipinski definition) is 2. The second kappa shape index (κ2) is 7.79. The first kappa shape index (κ1) is 18.3. The van der Waals surface area contributed by atoms with Crippen molar-refractivity contribution in [3.8, 4) is 23.5 Å². The molecule has 1 aromatic carbocycles. The summed E-state index contributed by atoms with van der Waals surface area (Å²) in [7, 11) is 0. The Bertz CT molecular complexity index is 1080. The largest absolute Gasteiger partial charge is 0.457 e. The van der Waals surface area contributed by atoms with Crippen LogP contribution < -0.4 is 5.73 Å². The van der Waals surface area contributed by atoms with Gasteiger partial charge < -0.3 is 15.3 Å². The summed E-state index contributed by atoms with van der Waals surface area (Å²) >= 11 is 5.89. The lowest BCUT2D eigenvalue weighted by atomic mass is 10.1. The monoisotopic (exact) mass is 379 g/mol. The first-order valence-corrected chi connectivity index (χ1v) is 8.30. The maximum atomic E-state index is 9.52. The van der Waals surface area contributed by atoms with Crippen LogP contribution in [0.1, 0.15) is 17.0 Å². The van der Waals surface area contributed by atoms with Gasteiger partial charge in [0, 0.05) is 16.7 Å². The molecule has 7 nitrogen and oxygen atoms in total. The number of hydrogen-bond acceptors (Lipinski definition) is 6. The fourth-order valence-corrected chi connectivity index (χ4v) is 2.66. The molecule has 27 heavy (non-hydrogen) atoms. The topological polar surface area (TPSA) is 125 Å². The molecule has 2 heterocycles. The van der Waals surface area contributed by atoms with E-state index in [1.807, 2.05) is 24.3 Å². The SMILES string of the molecule is N#C/C(=C\c1ccc(-c2ccc(Cl)cc2)o1)c1nn(CCO)c(N)c1C#N. The summed E-state index contributed by atoms with van der Waals surface area (Å²) in [5.74, 6) is 1.14. The van der Waals surface area contributed by atoms with Gasteiger partial charge >= 0.3 is 0 Å². The summed E-state index contributed by atoms with van der Waals surface area (Å²) in [6, 6.07) is 14.6. The van der Waals surface area contributed by atoms with Crippen LogP contribution in [0, 0.1) is 22.7 Å². The fourth-order valence-electron chi connectivity index (χ4n) is 2.53. The van der Waals surface area contributed by atoms with Gasteiger partial charge in [-0.25, -0.2) is 4.68 Å². The number of nitrogens with zero attached hydrogens (tertiary/aromatic N) is 4. The van der Waals surface area contributed by atoms with Gasteiger partial charge in [0.1, 0.15) is 40.7 Å². The molecule has 0 saturated carbocycles. The van der Waals surface area contributed by atoms with E-state index in [2.05, 4.69) is 5.10 Å². The Hall–Kier alpha value is -3.52. The number of aromatic nitrogens is 2. The molecule has 0 unspecified atom stereocenters. The molecular formula is C19H14ClN5O2. The van der Waals surface area contributed by atoms with Crippen LogP contribution in [0.15, 0.2) is 40.8 Å². The number of furan rings is 1. The van der Waals surface area contributed by atoms with E-state index in [4.69, 9.17) is 26.9 Å². The van der Waals surface area contributed by atoms with Gasteiger partial charge in [0.2, 0.25) is 0 Å². The predicted molar refractivity (Wildman–Crippen MR) is 101 cm³/mol. The molecule has 0 aliphatic heterocycles. The lowest BCUT2D eigenvalue weighted by Gasteiger charge is -1.98. The van der Waals surface area contributed by atoms with E-state index >= 15 is 0 Å². The maximum Gasteiger partial charge on any atom is 0.140 e. The number of anilines is 1. The molecule has 3 N–H and O–H groups in total. The molecule has 0 aliphatic rings. The van der Waals surface area contributed by atoms with Crippen molar-refractivity contribution in [2.24, 2.45) is 0 Å². The first-order chi connectivity index (χ1) is 13.1. The minimum absolute atomic E-state index is 0.0840. The summed E-state index contributed by atoms with van der Waals surface area (Å²) in [6.07, 6.45) is 1.49. The van der Waals surface area contributed by atoms with E-state index < -0.39 is 0 Å². The molecule has 8 heteroatoms. The average molecular weight is 380 g/mol. The molecule has 0 spiro atoms. The average Bonchev–Trinajstić information content (AvgIpc) is 3.25. The number of halogens is 1. The van der Waals surface area contributed by atoms with Crippen molar-refractivity contribution in [3.63, 3.8) is 0 Å². The molecule has 0 fully saturated rings. The van der Waals surface area contributed by atoms with Crippen molar-refractivity contribution in [2.45, 2.75) is 6.54 Å². The lowest BCUT2D eigenvalue weighted by Crippen LogP contribution is -2.07. The van der Waals surface area contributed by atoms with Gasteiger partial charge in [0.25, 0.3) is 0 Å². The summed E-state index contributed by atoms with van der Waals surface area (Å²) in [6.45, 7) is -0.0644. The lowest BCUT2D eigenvalue weighted by molar-refractivity contribution is 0.270. The summed E-state index contributed by atoms with van der Waals surface area (Å²) in [5, 5.41) is 32.7. The van der Waals surface area contributed by atoms with E-state index in [-0.39, 0.29) is 35.8 Å². The second-order valence-electron chi connectivity index (χ2n) is 5.55. The fraction of sp³-hybridized carbons (Fsp3) is 0.105. The highest BCUT2D eigenvalue weighted by molar-refractivity contribution is 6.30. The zero-order valence-corrected chi connectivity index (χ0v) is 14.8. The molecule has 134 valence electrons. The van der Waals surface area contributed by atoms with Gasteiger partial charge in [0.05, 0.1) is 18.7 Å². The van der Waals surface area contributed by atoms with E-state index in [1.54, 1.807) is 24.3 Å². The van der Waals surface area contributed by atoms with Crippen LogP contribution in [0.25, 0.3) is 23.0 Å². The van der Waals surface area contributed by atoms with Crippen molar-refractivity contribution in [3.05, 3.63) is 58.4 Å². The van der Waals surface area contributed by atoms with Crippen LogP contribution in [0.5, 0.6) is 0 Å². The van der Waals surface area contributed by atoms with E-state index in [9.17, 15) is 10.5 Å². The molecular weight excluding hydrogens is 366 g/mol. The van der Waals surface area contributed by atoms with Crippen molar-refractivity contribution >= 4 is 29.1 Å². The number of nitrogen functional groups attached to an aromatic ring is 1. The predicted octanol–water partition coefficient (Wildman–Crippen LogP) is 3.31. The van der Waals surface area contributed by atoms with Gasteiger partial charge in [-0.2, -0.15) is 15.6 Å². The number of nitriles is 2. The normalized spacial score (nSPS) is 11.2. The minimum atomic E-state index is -0.190. The Morgan fingerprint density at radius 1 is 1.26 bits per heavy atom. The van der Waals surface area contributed by atoms with Crippen LogP contribution >= 0.6 is 11.6 Å². The number of aliphatic hydroxyl groups excluding tert-OH is 1. The smallest absolute Gasteiger partial charge is 0.140 e. The van der Waals surface area contributed by atoms with Crippen LogP contribution in [0.3, 0.4) is 0 Å². The summed E-state index contributed by atoms with van der Waals surface area (Å²) in [5.41, 5.74) is 7.08. The van der Waals surface area contributed by atoms with Crippen LogP contribution in [0.4, 0.5) is 5.82 Å². The third-order valence-electron chi connectivity index (χ3n) is 3.83. The number of benzene rings is 1. The molecule has 0 saturated heterocycles. The number of allylic oxidation sites excluding steroid dienone is 1. The Morgan fingerprint density at radius 2 is 2.00 bits per heavy atom. The van der Waals surface area contributed by atoms with Gasteiger partial charge in [-0.1, -0.05) is 11.6 Å². The molecule has 0 atom stereocenters. The second-order valence-corrected chi connectivity index (χ2v) is 5.98. The van der Waals surface area contributed by atoms with E-state index in [1.165, 1.54) is 10.8 Å². The molecule has 0 radical (unpaired) electrons. The standard InChI is InChI=1S/C19H14ClN5O2/c20-14-3-1-12(2-4-14)17-6-5-15(27-17)9-13(10-21)18-16(11-22)19(23)25(24-18)7-8-26/h1-6,9,26H,7-8,23H2/b13-9+. The molecule has 3 rings (SSSR count). The van der Waals surface area contributed by atoms with Crippen LogP contribution in [-0.4, -0.2) is 21.5 Å². The molecule has 2 aromatic heterocycles. The third-order valence-corrected chi connectivity index (χ3v) is 4.09. The Morgan fingerprint density at radius 3 is 2.63 bits per heavy atom.